The van der Waals surface area contributed by atoms with Gasteiger partial charge < -0.3 is 19.1 Å². The number of aliphatic hydroxyl groups is 1. The number of cyclic esters (lactones) is 1. The van der Waals surface area contributed by atoms with Crippen molar-refractivity contribution in [2.75, 3.05) is 7.11 Å². The fourth-order valence-electron chi connectivity index (χ4n) is 4.37. The minimum atomic E-state index is -1.91. The van der Waals surface area contributed by atoms with E-state index in [1.54, 1.807) is 25.1 Å². The molecule has 10 nitrogen and oxygen atoms in total. The summed E-state index contributed by atoms with van der Waals surface area (Å²) in [5.41, 5.74) is -0.141. The Hall–Kier alpha value is -3.79. The summed E-state index contributed by atoms with van der Waals surface area (Å²) < 4.78 is 11.7. The van der Waals surface area contributed by atoms with E-state index in [-0.39, 0.29) is 47.7 Å². The van der Waals surface area contributed by atoms with Crippen LogP contribution in [-0.4, -0.2) is 32.7 Å². The first-order valence-electron chi connectivity index (χ1n) is 9.62. The topological polar surface area (TPSA) is 134 Å². The van der Waals surface area contributed by atoms with Crippen LogP contribution in [0.15, 0.2) is 29.1 Å². The van der Waals surface area contributed by atoms with E-state index in [0.717, 1.165) is 0 Å². The van der Waals surface area contributed by atoms with Gasteiger partial charge in [0.25, 0.3) is 5.56 Å². The van der Waals surface area contributed by atoms with E-state index < -0.39 is 16.5 Å². The first kappa shape index (κ1) is 19.2. The Balaban J connectivity index is 1.79. The van der Waals surface area contributed by atoms with E-state index in [1.165, 1.54) is 17.7 Å². The van der Waals surface area contributed by atoms with Crippen molar-refractivity contribution >= 4 is 22.6 Å². The molecule has 0 fully saturated rings. The number of nitro groups is 1. The van der Waals surface area contributed by atoms with Crippen molar-refractivity contribution < 1.29 is 24.3 Å². The zero-order valence-corrected chi connectivity index (χ0v) is 16.7. The Morgan fingerprint density at radius 3 is 2.81 bits per heavy atom. The number of carbonyl (C=O) groups excluding carboxylic acids is 1. The Bertz CT molecular complexity index is 1380. The van der Waals surface area contributed by atoms with Crippen molar-refractivity contribution in [1.82, 2.24) is 9.55 Å². The third kappa shape index (κ3) is 2.45. The molecule has 0 unspecified atom stereocenters. The van der Waals surface area contributed by atoms with Crippen molar-refractivity contribution in [2.45, 2.75) is 32.1 Å². The van der Waals surface area contributed by atoms with Crippen molar-refractivity contribution in [3.63, 3.8) is 0 Å². The van der Waals surface area contributed by atoms with Gasteiger partial charge >= 0.3 is 11.7 Å². The number of hydrogen-bond acceptors (Lipinski definition) is 8. The summed E-state index contributed by atoms with van der Waals surface area (Å²) >= 11 is 0. The van der Waals surface area contributed by atoms with Crippen LogP contribution in [0.5, 0.6) is 5.75 Å². The molecule has 10 heteroatoms. The maximum atomic E-state index is 13.2. The summed E-state index contributed by atoms with van der Waals surface area (Å²) in [6.45, 7) is 1.57. The molecular weight excluding hydrogens is 406 g/mol. The van der Waals surface area contributed by atoms with Crippen LogP contribution in [0.3, 0.4) is 0 Å². The fourth-order valence-corrected chi connectivity index (χ4v) is 4.37. The Kier molecular flexibility index (Phi) is 3.93. The van der Waals surface area contributed by atoms with Crippen molar-refractivity contribution in [3.05, 3.63) is 61.4 Å². The molecule has 2 aliphatic heterocycles. The van der Waals surface area contributed by atoms with Crippen LogP contribution < -0.4 is 10.3 Å². The highest BCUT2D eigenvalue weighted by Crippen LogP contribution is 2.41. The van der Waals surface area contributed by atoms with Crippen LogP contribution in [0, 0.1) is 10.1 Å². The average Bonchev–Trinajstić information content (AvgIpc) is 3.12. The van der Waals surface area contributed by atoms with Crippen molar-refractivity contribution in [2.24, 2.45) is 0 Å². The summed E-state index contributed by atoms with van der Waals surface area (Å²) in [6, 6.07) is 6.32. The highest BCUT2D eigenvalue weighted by Gasteiger charge is 2.45. The van der Waals surface area contributed by atoms with E-state index in [2.05, 4.69) is 4.98 Å². The zero-order chi connectivity index (χ0) is 22.1. The molecule has 0 aliphatic carbocycles. The predicted molar refractivity (Wildman–Crippen MR) is 108 cm³/mol. The lowest BCUT2D eigenvalue weighted by Gasteiger charge is -2.31. The monoisotopic (exact) mass is 423 g/mol. The maximum absolute atomic E-state index is 13.2. The van der Waals surface area contributed by atoms with E-state index in [1.807, 2.05) is 0 Å². The van der Waals surface area contributed by atoms with Crippen molar-refractivity contribution in [3.8, 4) is 17.1 Å². The molecule has 0 saturated carbocycles. The van der Waals surface area contributed by atoms with E-state index >= 15 is 0 Å². The summed E-state index contributed by atoms with van der Waals surface area (Å²) in [7, 11) is 1.35. The minimum Gasteiger partial charge on any atom is -0.490 e. The summed E-state index contributed by atoms with van der Waals surface area (Å²) in [5.74, 6) is -0.676. The number of hydrogen-bond donors (Lipinski definition) is 1. The van der Waals surface area contributed by atoms with Gasteiger partial charge in [-0.25, -0.2) is 9.78 Å². The first-order valence-corrected chi connectivity index (χ1v) is 9.62. The van der Waals surface area contributed by atoms with Crippen LogP contribution in [0.4, 0.5) is 5.69 Å². The Labute approximate surface area is 174 Å². The van der Waals surface area contributed by atoms with Gasteiger partial charge in [0, 0.05) is 11.1 Å². The summed E-state index contributed by atoms with van der Waals surface area (Å²) in [4.78, 5) is 41.1. The van der Waals surface area contributed by atoms with Gasteiger partial charge in [-0.1, -0.05) is 6.92 Å². The van der Waals surface area contributed by atoms with Gasteiger partial charge in [-0.15, -0.1) is 0 Å². The number of methoxy groups -OCH3 is 1. The molecule has 4 heterocycles. The van der Waals surface area contributed by atoms with E-state index in [9.17, 15) is 24.8 Å². The van der Waals surface area contributed by atoms with Gasteiger partial charge in [0.05, 0.1) is 46.4 Å². The maximum Gasteiger partial charge on any atom is 0.343 e. The number of ether oxygens (including phenoxy) is 2. The minimum absolute atomic E-state index is 0.0473. The lowest BCUT2D eigenvalue weighted by Crippen LogP contribution is -2.44. The van der Waals surface area contributed by atoms with Gasteiger partial charge in [0.1, 0.15) is 6.61 Å². The molecule has 0 spiro atoms. The average molecular weight is 423 g/mol. The van der Waals surface area contributed by atoms with Crippen molar-refractivity contribution in [1.29, 1.82) is 0 Å². The standard InChI is InChI=1S/C21H17N3O7/c1-3-21(27)13-7-15-17-10(8-23(15)19(25)12(13)9-31-20(21)26)6-11-14(22-17)4-5-16(30-2)18(11)24(28)29/h4-7,27H,3,8-9H2,1-2H3/t21-/m0/s1. The number of aromatic nitrogens is 2. The van der Waals surface area contributed by atoms with Crippen LogP contribution >= 0.6 is 0 Å². The molecule has 5 rings (SSSR count). The van der Waals surface area contributed by atoms with Gasteiger partial charge in [-0.2, -0.15) is 0 Å². The van der Waals surface area contributed by atoms with Gasteiger partial charge in [0.15, 0.2) is 11.4 Å². The molecule has 31 heavy (non-hydrogen) atoms. The molecule has 0 amide bonds. The van der Waals surface area contributed by atoms with Crippen LogP contribution in [0.2, 0.25) is 0 Å². The van der Waals surface area contributed by atoms with Crippen LogP contribution in [-0.2, 0) is 28.3 Å². The molecule has 1 aromatic carbocycles. The fraction of sp³-hybridized carbons (Fsp3) is 0.286. The second-order valence-corrected chi connectivity index (χ2v) is 7.54. The summed E-state index contributed by atoms with van der Waals surface area (Å²) in [6.07, 6.45) is 0.0473. The number of esters is 1. The van der Waals surface area contributed by atoms with E-state index in [4.69, 9.17) is 9.47 Å². The van der Waals surface area contributed by atoms with Gasteiger partial charge in [-0.05, 0) is 30.7 Å². The highest BCUT2D eigenvalue weighted by atomic mass is 16.6. The Morgan fingerprint density at radius 1 is 1.35 bits per heavy atom. The number of benzene rings is 1. The molecule has 0 radical (unpaired) electrons. The molecule has 3 aromatic rings. The van der Waals surface area contributed by atoms with Crippen LogP contribution in [0.1, 0.15) is 30.0 Å². The van der Waals surface area contributed by atoms with Gasteiger partial charge in [0.2, 0.25) is 0 Å². The predicted octanol–water partition coefficient (Wildman–Crippen LogP) is 2.00. The highest BCUT2D eigenvalue weighted by molar-refractivity contribution is 5.94. The molecule has 2 aliphatic rings. The smallest absolute Gasteiger partial charge is 0.343 e. The summed E-state index contributed by atoms with van der Waals surface area (Å²) in [5, 5.41) is 22.8. The second-order valence-electron chi connectivity index (χ2n) is 7.54. The molecule has 1 atom stereocenters. The number of fused-ring (bicyclic) bond motifs is 5. The quantitative estimate of drug-likeness (QED) is 0.300. The number of nitro benzene ring substituents is 1. The molecule has 2 aromatic heterocycles. The van der Waals surface area contributed by atoms with Gasteiger partial charge in [-0.3, -0.25) is 14.9 Å². The largest absolute Gasteiger partial charge is 0.490 e. The Morgan fingerprint density at radius 2 is 2.13 bits per heavy atom. The number of carbonyl (C=O) groups is 1. The van der Waals surface area contributed by atoms with E-state index in [0.29, 0.717) is 27.9 Å². The second kappa shape index (κ2) is 6.35. The number of pyridine rings is 2. The lowest BCUT2D eigenvalue weighted by atomic mass is 9.86. The third-order valence-electron chi connectivity index (χ3n) is 6.03. The molecular formula is C21H17N3O7. The number of nitrogens with zero attached hydrogens (tertiary/aromatic N) is 3. The molecule has 1 N–H and O–H groups in total. The zero-order valence-electron chi connectivity index (χ0n) is 16.7. The molecule has 158 valence electrons. The lowest BCUT2D eigenvalue weighted by molar-refractivity contribution is -0.383. The van der Waals surface area contributed by atoms with Crippen LogP contribution in [0.25, 0.3) is 22.3 Å². The first-order chi connectivity index (χ1) is 14.8. The SMILES string of the molecule is CC[C@@]1(O)C(=O)OCc2c1cc1n(c2=O)Cc2cc3c([N+](=O)[O-])c(OC)ccc3nc2-1. The molecule has 0 saturated heterocycles. The number of rotatable bonds is 3. The molecule has 0 bridgehead atoms. The normalized spacial score (nSPS) is 18.9. The third-order valence-corrected chi connectivity index (χ3v) is 6.03.